The highest BCUT2D eigenvalue weighted by Gasteiger charge is 2.19. The van der Waals surface area contributed by atoms with Crippen LogP contribution in [0, 0.1) is 0 Å². The van der Waals surface area contributed by atoms with Gasteiger partial charge in [-0.3, -0.25) is 15.0 Å². The van der Waals surface area contributed by atoms with Crippen molar-refractivity contribution in [1.82, 2.24) is 14.5 Å². The van der Waals surface area contributed by atoms with E-state index in [0.717, 1.165) is 54.7 Å². The Morgan fingerprint density at radius 3 is 2.41 bits per heavy atom. The van der Waals surface area contributed by atoms with Crippen molar-refractivity contribution in [3.63, 3.8) is 0 Å². The number of rotatable bonds is 6. The van der Waals surface area contributed by atoms with E-state index in [1.54, 1.807) is 11.3 Å². The summed E-state index contributed by atoms with van der Waals surface area (Å²) in [4.78, 5) is 21.2. The van der Waals surface area contributed by atoms with Crippen molar-refractivity contribution >= 4 is 22.4 Å². The van der Waals surface area contributed by atoms with Crippen LogP contribution < -0.4 is 5.32 Å². The summed E-state index contributed by atoms with van der Waals surface area (Å²) < 4.78 is 7.49. The van der Waals surface area contributed by atoms with Gasteiger partial charge in [0.1, 0.15) is 0 Å². The molecule has 2 aromatic heterocycles. The summed E-state index contributed by atoms with van der Waals surface area (Å²) in [5.41, 5.74) is 3.61. The summed E-state index contributed by atoms with van der Waals surface area (Å²) in [6, 6.07) is 21.6. The summed E-state index contributed by atoms with van der Waals surface area (Å²) in [5.74, 6) is -0.157. The Bertz CT molecular complexity index is 1160. The molecule has 0 aliphatic carbocycles. The van der Waals surface area contributed by atoms with Gasteiger partial charge in [0.15, 0.2) is 5.13 Å². The lowest BCUT2D eigenvalue weighted by Crippen LogP contribution is -2.35. The molecule has 0 radical (unpaired) electrons. The van der Waals surface area contributed by atoms with E-state index in [4.69, 9.17) is 9.72 Å². The number of carbonyl (C=O) groups excluding carboxylic acids is 1. The highest BCUT2D eigenvalue weighted by molar-refractivity contribution is 7.16. The first-order valence-electron chi connectivity index (χ1n) is 10.7. The number of nitrogens with one attached hydrogen (secondary N) is 1. The lowest BCUT2D eigenvalue weighted by molar-refractivity contribution is 0.0347. The van der Waals surface area contributed by atoms with E-state index in [2.05, 4.69) is 22.3 Å². The molecule has 1 aliphatic rings. The maximum Gasteiger partial charge on any atom is 0.257 e. The molecule has 1 saturated heterocycles. The number of hydrogen-bond acceptors (Lipinski definition) is 5. The van der Waals surface area contributed by atoms with Gasteiger partial charge in [0.25, 0.3) is 5.91 Å². The molecule has 162 valence electrons. The molecule has 3 heterocycles. The van der Waals surface area contributed by atoms with Gasteiger partial charge in [0, 0.05) is 53.7 Å². The van der Waals surface area contributed by atoms with Gasteiger partial charge in [-0.05, 0) is 36.4 Å². The summed E-state index contributed by atoms with van der Waals surface area (Å²) >= 11 is 1.54. The Kier molecular flexibility index (Phi) is 6.11. The van der Waals surface area contributed by atoms with E-state index in [1.165, 1.54) is 0 Å². The first-order chi connectivity index (χ1) is 15.8. The fourth-order valence-corrected chi connectivity index (χ4v) is 4.78. The van der Waals surface area contributed by atoms with E-state index in [-0.39, 0.29) is 5.91 Å². The van der Waals surface area contributed by atoms with Gasteiger partial charge in [-0.25, -0.2) is 4.98 Å². The van der Waals surface area contributed by atoms with Crippen LogP contribution in [0.5, 0.6) is 0 Å². The number of ether oxygens (including phenoxy) is 1. The lowest BCUT2D eigenvalue weighted by atomic mass is 10.1. The molecule has 4 aromatic rings. The number of carbonyl (C=O) groups is 1. The molecule has 0 bridgehead atoms. The first-order valence-corrected chi connectivity index (χ1v) is 11.5. The second kappa shape index (κ2) is 9.48. The number of amides is 1. The molecule has 0 atom stereocenters. The Morgan fingerprint density at radius 1 is 0.969 bits per heavy atom. The van der Waals surface area contributed by atoms with E-state index in [1.807, 2.05) is 71.6 Å². The Hall–Kier alpha value is -3.26. The maximum absolute atomic E-state index is 12.9. The van der Waals surface area contributed by atoms with Gasteiger partial charge < -0.3 is 9.30 Å². The van der Waals surface area contributed by atoms with Crippen molar-refractivity contribution < 1.29 is 9.53 Å². The van der Waals surface area contributed by atoms with Crippen molar-refractivity contribution in [3.05, 3.63) is 89.6 Å². The van der Waals surface area contributed by atoms with E-state index in [9.17, 15) is 4.79 Å². The van der Waals surface area contributed by atoms with E-state index < -0.39 is 0 Å². The molecule has 5 rings (SSSR count). The minimum Gasteiger partial charge on any atom is -0.379 e. The molecular weight excluding hydrogens is 420 g/mol. The zero-order chi connectivity index (χ0) is 21.8. The second-order valence-corrected chi connectivity index (χ2v) is 8.72. The number of anilines is 1. The Balaban J connectivity index is 1.36. The molecule has 0 spiro atoms. The quantitative estimate of drug-likeness (QED) is 0.469. The minimum atomic E-state index is -0.157. The highest BCUT2D eigenvalue weighted by Crippen LogP contribution is 2.32. The third-order valence-corrected chi connectivity index (χ3v) is 6.42. The van der Waals surface area contributed by atoms with Gasteiger partial charge in [-0.2, -0.15) is 0 Å². The number of nitrogens with zero attached hydrogens (tertiary/aromatic N) is 3. The molecule has 32 heavy (non-hydrogen) atoms. The van der Waals surface area contributed by atoms with Gasteiger partial charge in [-0.1, -0.05) is 41.7 Å². The topological polar surface area (TPSA) is 59.4 Å². The first kappa shape index (κ1) is 20.6. The van der Waals surface area contributed by atoms with Gasteiger partial charge in [0.2, 0.25) is 0 Å². The van der Waals surface area contributed by atoms with Crippen LogP contribution in [0.15, 0.2) is 79.1 Å². The van der Waals surface area contributed by atoms with Gasteiger partial charge in [-0.15, -0.1) is 0 Å². The predicted molar refractivity (Wildman–Crippen MR) is 127 cm³/mol. The fourth-order valence-electron chi connectivity index (χ4n) is 3.76. The number of benzene rings is 2. The van der Waals surface area contributed by atoms with Crippen LogP contribution in [0.25, 0.3) is 16.9 Å². The van der Waals surface area contributed by atoms with Crippen molar-refractivity contribution in [2.45, 2.75) is 6.54 Å². The zero-order valence-corrected chi connectivity index (χ0v) is 18.4. The molecule has 0 saturated carbocycles. The van der Waals surface area contributed by atoms with Gasteiger partial charge >= 0.3 is 0 Å². The van der Waals surface area contributed by atoms with Crippen molar-refractivity contribution in [2.75, 3.05) is 31.6 Å². The third-order valence-electron chi connectivity index (χ3n) is 5.47. The Labute approximate surface area is 191 Å². The fraction of sp³-hybridized carbons (Fsp3) is 0.200. The third kappa shape index (κ3) is 4.65. The average Bonchev–Trinajstić information content (AvgIpc) is 3.51. The monoisotopic (exact) mass is 444 g/mol. The molecule has 2 aromatic carbocycles. The van der Waals surface area contributed by atoms with Crippen LogP contribution >= 0.6 is 11.3 Å². The van der Waals surface area contributed by atoms with Crippen molar-refractivity contribution in [1.29, 1.82) is 0 Å². The van der Waals surface area contributed by atoms with Crippen LogP contribution in [0.3, 0.4) is 0 Å². The molecule has 7 heteroatoms. The number of thiazole rings is 1. The average molecular weight is 445 g/mol. The normalized spacial score (nSPS) is 14.4. The molecule has 1 aliphatic heterocycles. The Morgan fingerprint density at radius 2 is 1.69 bits per heavy atom. The summed E-state index contributed by atoms with van der Waals surface area (Å²) in [6.07, 6.45) is 3.96. The second-order valence-electron chi connectivity index (χ2n) is 7.64. The van der Waals surface area contributed by atoms with Crippen LogP contribution in [-0.2, 0) is 11.3 Å². The largest absolute Gasteiger partial charge is 0.379 e. The van der Waals surface area contributed by atoms with Crippen LogP contribution in [-0.4, -0.2) is 46.7 Å². The maximum atomic E-state index is 12.9. The molecule has 1 fully saturated rings. The molecule has 1 amide bonds. The van der Waals surface area contributed by atoms with Crippen LogP contribution in [0.2, 0.25) is 0 Å². The van der Waals surface area contributed by atoms with E-state index in [0.29, 0.717) is 10.7 Å². The van der Waals surface area contributed by atoms with E-state index >= 15 is 0 Å². The number of aromatic nitrogens is 2. The SMILES string of the molecule is O=C(Nc1nc(-c2ccccc2)c(CN2CCOCC2)s1)c1ccc(-n2cccc2)cc1. The minimum absolute atomic E-state index is 0.157. The lowest BCUT2D eigenvalue weighted by Gasteiger charge is -2.26. The van der Waals surface area contributed by atoms with Crippen LogP contribution in [0.4, 0.5) is 5.13 Å². The van der Waals surface area contributed by atoms with Crippen LogP contribution in [0.1, 0.15) is 15.2 Å². The van der Waals surface area contributed by atoms with Gasteiger partial charge in [0.05, 0.1) is 18.9 Å². The number of hydrogen-bond donors (Lipinski definition) is 1. The highest BCUT2D eigenvalue weighted by atomic mass is 32.1. The van der Waals surface area contributed by atoms with Crippen molar-refractivity contribution in [3.8, 4) is 16.9 Å². The predicted octanol–water partition coefficient (Wildman–Crippen LogP) is 4.69. The molecule has 6 nitrogen and oxygen atoms in total. The smallest absolute Gasteiger partial charge is 0.257 e. The molecule has 0 unspecified atom stereocenters. The molecule has 1 N–H and O–H groups in total. The summed E-state index contributed by atoms with van der Waals surface area (Å²) in [5, 5.41) is 3.62. The standard InChI is InChI=1S/C25H24N4O2S/c30-24(20-8-10-21(11-9-20)29-12-4-5-13-29)27-25-26-23(19-6-2-1-3-7-19)22(32-25)18-28-14-16-31-17-15-28/h1-13H,14-18H2,(H,26,27,30). The number of morpholine rings is 1. The molecular formula is C25H24N4O2S. The van der Waals surface area contributed by atoms with Crippen molar-refractivity contribution in [2.24, 2.45) is 0 Å². The summed E-state index contributed by atoms with van der Waals surface area (Å²) in [6.45, 7) is 4.11. The zero-order valence-electron chi connectivity index (χ0n) is 17.6. The summed E-state index contributed by atoms with van der Waals surface area (Å²) in [7, 11) is 0.